The van der Waals surface area contributed by atoms with Crippen molar-refractivity contribution in [2.75, 3.05) is 6.61 Å². The molecule has 6 heteroatoms. The lowest BCUT2D eigenvalue weighted by Crippen LogP contribution is -2.07. The third kappa shape index (κ3) is 2.70. The molecule has 0 aromatic carbocycles. The fourth-order valence-electron chi connectivity index (χ4n) is 1.37. The van der Waals surface area contributed by atoms with E-state index in [0.717, 1.165) is 5.16 Å². The summed E-state index contributed by atoms with van der Waals surface area (Å²) in [5.74, 6) is -0.359. The number of esters is 1. The minimum Gasteiger partial charge on any atom is -0.462 e. The van der Waals surface area contributed by atoms with Crippen LogP contribution in [0.5, 0.6) is 0 Å². The van der Waals surface area contributed by atoms with E-state index in [1.165, 1.54) is 11.8 Å². The van der Waals surface area contributed by atoms with Crippen LogP contribution in [0.15, 0.2) is 40.9 Å². The van der Waals surface area contributed by atoms with E-state index in [-0.39, 0.29) is 5.97 Å². The normalized spacial score (nSPS) is 10.3. The monoisotopic (exact) mass is 263 g/mol. The predicted octanol–water partition coefficient (Wildman–Crippen LogP) is 2.14. The van der Waals surface area contributed by atoms with Gasteiger partial charge in [0.25, 0.3) is 0 Å². The van der Waals surface area contributed by atoms with Crippen molar-refractivity contribution in [2.45, 2.75) is 17.1 Å². The summed E-state index contributed by atoms with van der Waals surface area (Å²) in [7, 11) is 1.89. The quantitative estimate of drug-likeness (QED) is 0.791. The summed E-state index contributed by atoms with van der Waals surface area (Å²) < 4.78 is 6.87. The highest BCUT2D eigenvalue weighted by Gasteiger charge is 2.15. The van der Waals surface area contributed by atoms with Crippen molar-refractivity contribution in [2.24, 2.45) is 7.05 Å². The van der Waals surface area contributed by atoms with E-state index in [1.807, 2.05) is 17.8 Å². The zero-order chi connectivity index (χ0) is 13.0. The minimum absolute atomic E-state index is 0.347. The summed E-state index contributed by atoms with van der Waals surface area (Å²) in [6, 6.07) is 3.42. The molecule has 0 radical (unpaired) electrons. The van der Waals surface area contributed by atoms with Crippen molar-refractivity contribution >= 4 is 17.7 Å². The first-order chi connectivity index (χ1) is 8.72. The first-order valence-corrected chi connectivity index (χ1v) is 6.31. The third-order valence-corrected chi connectivity index (χ3v) is 3.33. The number of rotatable bonds is 4. The molecule has 94 valence electrons. The van der Waals surface area contributed by atoms with Gasteiger partial charge in [-0.25, -0.2) is 14.8 Å². The molecule has 0 aliphatic carbocycles. The average Bonchev–Trinajstić information content (AvgIpc) is 2.76. The Balaban J connectivity index is 2.28. The number of carbonyl (C=O) groups is 1. The van der Waals surface area contributed by atoms with Gasteiger partial charge in [-0.1, -0.05) is 0 Å². The number of aryl methyl sites for hydroxylation is 1. The molecule has 0 amide bonds. The molecule has 0 spiro atoms. The van der Waals surface area contributed by atoms with Gasteiger partial charge in [0.15, 0.2) is 5.16 Å². The Morgan fingerprint density at radius 3 is 2.94 bits per heavy atom. The number of aromatic nitrogens is 3. The van der Waals surface area contributed by atoms with E-state index in [0.29, 0.717) is 17.2 Å². The number of hydrogen-bond donors (Lipinski definition) is 0. The van der Waals surface area contributed by atoms with Crippen molar-refractivity contribution in [1.29, 1.82) is 0 Å². The highest BCUT2D eigenvalue weighted by atomic mass is 32.2. The highest BCUT2D eigenvalue weighted by Crippen LogP contribution is 2.27. The molecule has 2 rings (SSSR count). The number of carbonyl (C=O) groups excluding carboxylic acids is 1. The van der Waals surface area contributed by atoms with E-state index < -0.39 is 0 Å². The summed E-state index contributed by atoms with van der Waals surface area (Å²) >= 11 is 1.34. The lowest BCUT2D eigenvalue weighted by molar-refractivity contribution is 0.0521. The van der Waals surface area contributed by atoms with Gasteiger partial charge in [-0.15, -0.1) is 0 Å². The van der Waals surface area contributed by atoms with Crippen LogP contribution in [-0.4, -0.2) is 27.1 Å². The second kappa shape index (κ2) is 5.68. The van der Waals surface area contributed by atoms with Crippen LogP contribution in [0.1, 0.15) is 17.3 Å². The van der Waals surface area contributed by atoms with Crippen molar-refractivity contribution in [3.8, 4) is 0 Å². The Bertz CT molecular complexity index is 554. The molecule has 5 nitrogen and oxygen atoms in total. The zero-order valence-electron chi connectivity index (χ0n) is 10.2. The van der Waals surface area contributed by atoms with Crippen LogP contribution in [0.4, 0.5) is 0 Å². The topological polar surface area (TPSA) is 57.0 Å². The van der Waals surface area contributed by atoms with E-state index in [1.54, 1.807) is 31.5 Å². The van der Waals surface area contributed by atoms with Gasteiger partial charge in [-0.05, 0) is 30.8 Å². The Labute approximate surface area is 109 Å². The van der Waals surface area contributed by atoms with Crippen LogP contribution in [0, 0.1) is 0 Å². The van der Waals surface area contributed by atoms with Gasteiger partial charge >= 0.3 is 5.97 Å². The van der Waals surface area contributed by atoms with Crippen LogP contribution in [-0.2, 0) is 11.8 Å². The molecule has 0 aliphatic heterocycles. The summed E-state index contributed by atoms with van der Waals surface area (Å²) in [6.07, 6.45) is 5.19. The summed E-state index contributed by atoms with van der Waals surface area (Å²) in [5.41, 5.74) is 0.465. The molecular formula is C12H13N3O2S. The van der Waals surface area contributed by atoms with Crippen LogP contribution < -0.4 is 0 Å². The lowest BCUT2D eigenvalue weighted by atomic mass is 10.3. The largest absolute Gasteiger partial charge is 0.462 e. The Hall–Kier alpha value is -1.82. The number of ether oxygens (including phenoxy) is 1. The minimum atomic E-state index is -0.359. The van der Waals surface area contributed by atoms with E-state index in [4.69, 9.17) is 4.74 Å². The molecule has 0 aliphatic rings. The number of hydrogen-bond acceptors (Lipinski definition) is 5. The Morgan fingerprint density at radius 1 is 1.44 bits per heavy atom. The molecule has 0 fully saturated rings. The highest BCUT2D eigenvalue weighted by molar-refractivity contribution is 7.99. The van der Waals surface area contributed by atoms with Crippen LogP contribution in [0.25, 0.3) is 0 Å². The first-order valence-electron chi connectivity index (χ1n) is 5.49. The standard InChI is InChI=1S/C12H13N3O2S/c1-3-17-11(16)9-5-4-6-13-10(9)18-12-14-7-8-15(12)2/h4-8H,3H2,1-2H3. The van der Waals surface area contributed by atoms with Crippen LogP contribution in [0.3, 0.4) is 0 Å². The molecular weight excluding hydrogens is 250 g/mol. The maximum Gasteiger partial charge on any atom is 0.340 e. The molecule has 18 heavy (non-hydrogen) atoms. The molecule has 2 aromatic rings. The SMILES string of the molecule is CCOC(=O)c1cccnc1Sc1nccn1C. The Kier molecular flexibility index (Phi) is 3.99. The molecule has 0 saturated heterocycles. The number of nitrogens with zero attached hydrogens (tertiary/aromatic N) is 3. The maximum absolute atomic E-state index is 11.8. The van der Waals surface area contributed by atoms with E-state index >= 15 is 0 Å². The predicted molar refractivity (Wildman–Crippen MR) is 67.5 cm³/mol. The Morgan fingerprint density at radius 2 is 2.28 bits per heavy atom. The van der Waals surface area contributed by atoms with Crippen LogP contribution in [0.2, 0.25) is 0 Å². The molecule has 0 saturated carbocycles. The summed E-state index contributed by atoms with van der Waals surface area (Å²) in [6.45, 7) is 2.13. The smallest absolute Gasteiger partial charge is 0.340 e. The summed E-state index contributed by atoms with van der Waals surface area (Å²) in [4.78, 5) is 20.2. The molecule has 0 bridgehead atoms. The average molecular weight is 263 g/mol. The van der Waals surface area contributed by atoms with Crippen molar-refractivity contribution in [3.05, 3.63) is 36.3 Å². The number of imidazole rings is 1. The van der Waals surface area contributed by atoms with Gasteiger partial charge in [0.05, 0.1) is 12.2 Å². The summed E-state index contributed by atoms with van der Waals surface area (Å²) in [5, 5.41) is 1.38. The van der Waals surface area contributed by atoms with Crippen molar-refractivity contribution < 1.29 is 9.53 Å². The first kappa shape index (κ1) is 12.6. The fraction of sp³-hybridized carbons (Fsp3) is 0.250. The number of pyridine rings is 1. The molecule has 0 N–H and O–H groups in total. The fourth-order valence-corrected chi connectivity index (χ4v) is 2.24. The molecule has 0 atom stereocenters. The third-order valence-electron chi connectivity index (χ3n) is 2.23. The zero-order valence-corrected chi connectivity index (χ0v) is 11.0. The second-order valence-electron chi connectivity index (χ2n) is 3.50. The van der Waals surface area contributed by atoms with Gasteiger partial charge in [-0.2, -0.15) is 0 Å². The van der Waals surface area contributed by atoms with Gasteiger partial charge < -0.3 is 9.30 Å². The van der Waals surface area contributed by atoms with Gasteiger partial charge in [-0.3, -0.25) is 0 Å². The second-order valence-corrected chi connectivity index (χ2v) is 4.46. The molecule has 0 unspecified atom stereocenters. The van der Waals surface area contributed by atoms with Gasteiger partial charge in [0.2, 0.25) is 0 Å². The lowest BCUT2D eigenvalue weighted by Gasteiger charge is -2.06. The van der Waals surface area contributed by atoms with E-state index in [2.05, 4.69) is 9.97 Å². The molecule has 2 heterocycles. The van der Waals surface area contributed by atoms with E-state index in [9.17, 15) is 4.79 Å². The maximum atomic E-state index is 11.8. The van der Waals surface area contributed by atoms with Gasteiger partial charge in [0, 0.05) is 25.6 Å². The van der Waals surface area contributed by atoms with Crippen molar-refractivity contribution in [1.82, 2.24) is 14.5 Å². The van der Waals surface area contributed by atoms with Crippen LogP contribution >= 0.6 is 11.8 Å². The van der Waals surface area contributed by atoms with Gasteiger partial charge in [0.1, 0.15) is 5.03 Å². The molecule has 2 aromatic heterocycles. The van der Waals surface area contributed by atoms with Crippen molar-refractivity contribution in [3.63, 3.8) is 0 Å².